The molecule has 0 unspecified atom stereocenters. The smallest absolute Gasteiger partial charge is 0.0649 e. The highest BCUT2D eigenvalue weighted by Crippen LogP contribution is 2.40. The van der Waals surface area contributed by atoms with Gasteiger partial charge in [-0.25, -0.2) is 0 Å². The van der Waals surface area contributed by atoms with Crippen LogP contribution >= 0.6 is 0 Å². The average Bonchev–Trinajstić information content (AvgIpc) is 2.32. The predicted octanol–water partition coefficient (Wildman–Crippen LogP) is 2.73. The van der Waals surface area contributed by atoms with E-state index >= 15 is 0 Å². The number of benzene rings is 1. The molecule has 0 amide bonds. The van der Waals surface area contributed by atoms with Crippen molar-refractivity contribution in [2.24, 2.45) is 0 Å². The Kier molecular flexibility index (Phi) is 4.08. The van der Waals surface area contributed by atoms with Crippen molar-refractivity contribution >= 4 is 0 Å². The molecule has 0 radical (unpaired) electrons. The number of aliphatic hydroxyl groups is 1. The molecule has 18 heavy (non-hydrogen) atoms. The van der Waals surface area contributed by atoms with Gasteiger partial charge in [-0.2, -0.15) is 0 Å². The van der Waals surface area contributed by atoms with Crippen LogP contribution in [0.4, 0.5) is 0 Å². The minimum atomic E-state index is -0.212. The van der Waals surface area contributed by atoms with Crippen molar-refractivity contribution in [2.45, 2.75) is 44.1 Å². The maximum Gasteiger partial charge on any atom is 0.0649 e. The van der Waals surface area contributed by atoms with E-state index in [1.54, 1.807) is 0 Å². The number of rotatable bonds is 3. The van der Waals surface area contributed by atoms with Crippen molar-refractivity contribution < 1.29 is 5.11 Å². The normalized spacial score (nSPS) is 28.6. The van der Waals surface area contributed by atoms with Gasteiger partial charge in [0.1, 0.15) is 0 Å². The minimum Gasteiger partial charge on any atom is -0.392 e. The van der Waals surface area contributed by atoms with E-state index in [0.29, 0.717) is 0 Å². The summed E-state index contributed by atoms with van der Waals surface area (Å²) in [4.78, 5) is 2.20. The van der Waals surface area contributed by atoms with Crippen LogP contribution in [0.1, 0.15) is 36.8 Å². The van der Waals surface area contributed by atoms with Gasteiger partial charge in [0.25, 0.3) is 0 Å². The second-order valence-corrected chi connectivity index (χ2v) is 6.02. The lowest BCUT2D eigenvalue weighted by Crippen LogP contribution is -2.49. The highest BCUT2D eigenvalue weighted by Gasteiger charge is 2.41. The molecule has 1 saturated carbocycles. The van der Waals surface area contributed by atoms with Gasteiger partial charge < -0.3 is 10.0 Å². The van der Waals surface area contributed by atoms with Crippen LogP contribution in [0.3, 0.4) is 0 Å². The van der Waals surface area contributed by atoms with Crippen LogP contribution in [0.5, 0.6) is 0 Å². The van der Waals surface area contributed by atoms with E-state index in [2.05, 4.69) is 50.2 Å². The molecule has 2 heteroatoms. The summed E-state index contributed by atoms with van der Waals surface area (Å²) in [5, 5.41) is 10.6. The topological polar surface area (TPSA) is 23.5 Å². The van der Waals surface area contributed by atoms with Gasteiger partial charge in [-0.1, -0.05) is 42.7 Å². The third-order valence-electron chi connectivity index (χ3n) is 4.21. The number of nitrogens with zero attached hydrogens (tertiary/aromatic N) is 1. The molecule has 0 saturated heterocycles. The Balaban J connectivity index is 2.37. The van der Waals surface area contributed by atoms with Crippen LogP contribution in [-0.4, -0.2) is 36.8 Å². The van der Waals surface area contributed by atoms with Crippen molar-refractivity contribution in [1.29, 1.82) is 0 Å². The van der Waals surface area contributed by atoms with E-state index in [1.807, 2.05) is 0 Å². The predicted molar refractivity (Wildman–Crippen MR) is 75.9 cm³/mol. The van der Waals surface area contributed by atoms with E-state index in [-0.39, 0.29) is 11.5 Å². The first kappa shape index (κ1) is 13.6. The Labute approximate surface area is 111 Å². The Bertz CT molecular complexity index is 385. The zero-order valence-electron chi connectivity index (χ0n) is 11.8. The van der Waals surface area contributed by atoms with E-state index in [4.69, 9.17) is 0 Å². The first-order chi connectivity index (χ1) is 8.54. The lowest BCUT2D eigenvalue weighted by molar-refractivity contribution is 0.0264. The van der Waals surface area contributed by atoms with E-state index < -0.39 is 0 Å². The summed E-state index contributed by atoms with van der Waals surface area (Å²) in [5.74, 6) is 0. The van der Waals surface area contributed by atoms with E-state index in [1.165, 1.54) is 17.5 Å². The van der Waals surface area contributed by atoms with Gasteiger partial charge in [-0.05, 0) is 39.4 Å². The Hall–Kier alpha value is -0.860. The van der Waals surface area contributed by atoms with Gasteiger partial charge in [0.15, 0.2) is 0 Å². The van der Waals surface area contributed by atoms with Crippen molar-refractivity contribution in [2.75, 3.05) is 20.6 Å². The fraction of sp³-hybridized carbons (Fsp3) is 0.625. The van der Waals surface area contributed by atoms with Gasteiger partial charge in [0.2, 0.25) is 0 Å². The third-order valence-corrected chi connectivity index (χ3v) is 4.21. The van der Waals surface area contributed by atoms with E-state index in [0.717, 1.165) is 25.8 Å². The second kappa shape index (κ2) is 5.41. The molecule has 1 aromatic carbocycles. The molecule has 2 nitrogen and oxygen atoms in total. The molecule has 0 aromatic heterocycles. The molecule has 1 fully saturated rings. The van der Waals surface area contributed by atoms with Gasteiger partial charge in [-0.15, -0.1) is 0 Å². The van der Waals surface area contributed by atoms with Crippen LogP contribution in [0.2, 0.25) is 0 Å². The summed E-state index contributed by atoms with van der Waals surface area (Å²) in [6, 6.07) is 8.73. The van der Waals surface area contributed by atoms with Crippen LogP contribution in [0, 0.1) is 6.92 Å². The molecule has 0 spiro atoms. The number of aliphatic hydroxyl groups excluding tert-OH is 1. The highest BCUT2D eigenvalue weighted by molar-refractivity contribution is 5.31. The van der Waals surface area contributed by atoms with Crippen molar-refractivity contribution in [3.63, 3.8) is 0 Å². The lowest BCUT2D eigenvalue weighted by atomic mass is 9.67. The lowest BCUT2D eigenvalue weighted by Gasteiger charge is -2.44. The van der Waals surface area contributed by atoms with Crippen molar-refractivity contribution in [1.82, 2.24) is 4.90 Å². The van der Waals surface area contributed by atoms with Gasteiger partial charge in [0.05, 0.1) is 6.10 Å². The van der Waals surface area contributed by atoms with Crippen LogP contribution in [0.15, 0.2) is 24.3 Å². The molecule has 2 atom stereocenters. The first-order valence-electron chi connectivity index (χ1n) is 6.94. The standard InChI is InChI=1S/C16H25NO/c1-13-7-9-14(10-8-13)16(12-17(2)3)11-5-4-6-15(16)18/h7-10,15,18H,4-6,11-12H2,1-3H3/t15-,16+/m1/s1. The number of aryl methyl sites for hydroxylation is 1. The van der Waals surface area contributed by atoms with Gasteiger partial charge >= 0.3 is 0 Å². The molecule has 100 valence electrons. The molecule has 0 heterocycles. The summed E-state index contributed by atoms with van der Waals surface area (Å²) in [5.41, 5.74) is 2.51. The molecular formula is C16H25NO. The van der Waals surface area contributed by atoms with Gasteiger partial charge in [-0.3, -0.25) is 0 Å². The largest absolute Gasteiger partial charge is 0.392 e. The molecule has 1 N–H and O–H groups in total. The van der Waals surface area contributed by atoms with Crippen LogP contribution in [0.25, 0.3) is 0 Å². The average molecular weight is 247 g/mol. The molecule has 2 rings (SSSR count). The zero-order chi connectivity index (χ0) is 13.2. The maximum atomic E-state index is 10.6. The number of hydrogen-bond acceptors (Lipinski definition) is 2. The fourth-order valence-corrected chi connectivity index (χ4v) is 3.28. The number of likely N-dealkylation sites (N-methyl/N-ethyl adjacent to an activating group) is 1. The summed E-state index contributed by atoms with van der Waals surface area (Å²) < 4.78 is 0. The Morgan fingerprint density at radius 2 is 1.89 bits per heavy atom. The summed E-state index contributed by atoms with van der Waals surface area (Å²) in [7, 11) is 4.19. The zero-order valence-corrected chi connectivity index (χ0v) is 11.8. The molecule has 1 aromatic rings. The van der Waals surface area contributed by atoms with Crippen LogP contribution < -0.4 is 0 Å². The van der Waals surface area contributed by atoms with Crippen LogP contribution in [-0.2, 0) is 5.41 Å². The van der Waals surface area contributed by atoms with Crippen molar-refractivity contribution in [3.8, 4) is 0 Å². The monoisotopic (exact) mass is 247 g/mol. The Morgan fingerprint density at radius 3 is 2.44 bits per heavy atom. The number of hydrogen-bond donors (Lipinski definition) is 1. The first-order valence-corrected chi connectivity index (χ1v) is 6.94. The van der Waals surface area contributed by atoms with Crippen molar-refractivity contribution in [3.05, 3.63) is 35.4 Å². The Morgan fingerprint density at radius 1 is 1.22 bits per heavy atom. The summed E-state index contributed by atoms with van der Waals surface area (Å²) in [6.45, 7) is 3.04. The molecule has 1 aliphatic carbocycles. The summed E-state index contributed by atoms with van der Waals surface area (Å²) >= 11 is 0. The van der Waals surface area contributed by atoms with E-state index in [9.17, 15) is 5.11 Å². The van der Waals surface area contributed by atoms with Gasteiger partial charge in [0, 0.05) is 12.0 Å². The highest BCUT2D eigenvalue weighted by atomic mass is 16.3. The fourth-order valence-electron chi connectivity index (χ4n) is 3.28. The molecular weight excluding hydrogens is 222 g/mol. The SMILES string of the molecule is Cc1ccc([C@@]2(CN(C)C)CCCC[C@H]2O)cc1. The quantitative estimate of drug-likeness (QED) is 0.888. The maximum absolute atomic E-state index is 10.6. The summed E-state index contributed by atoms with van der Waals surface area (Å²) in [6.07, 6.45) is 4.19. The second-order valence-electron chi connectivity index (χ2n) is 6.02. The minimum absolute atomic E-state index is 0.0740. The molecule has 0 bridgehead atoms. The molecule has 1 aliphatic rings. The third kappa shape index (κ3) is 2.60. The molecule has 0 aliphatic heterocycles.